The summed E-state index contributed by atoms with van der Waals surface area (Å²) in [5.74, 6) is 1.09. The molecule has 1 N–H and O–H groups in total. The molecule has 1 aromatic heterocycles. The van der Waals surface area contributed by atoms with Crippen LogP contribution in [0.4, 0.5) is 11.4 Å². The zero-order valence-corrected chi connectivity index (χ0v) is 16.9. The number of amides is 1. The lowest BCUT2D eigenvalue weighted by Crippen LogP contribution is -2.32. The van der Waals surface area contributed by atoms with Crippen LogP contribution < -0.4 is 19.7 Å². The van der Waals surface area contributed by atoms with E-state index in [1.165, 1.54) is 0 Å². The van der Waals surface area contributed by atoms with Crippen molar-refractivity contribution < 1.29 is 14.3 Å². The van der Waals surface area contributed by atoms with E-state index >= 15 is 0 Å². The number of hydrogen-bond acceptors (Lipinski definition) is 5. The molecule has 0 saturated carbocycles. The van der Waals surface area contributed by atoms with Crippen LogP contribution in [0.5, 0.6) is 11.5 Å². The summed E-state index contributed by atoms with van der Waals surface area (Å²) >= 11 is 0. The molecule has 0 aliphatic carbocycles. The number of carbonyl (C=O) groups is 1. The number of carbonyl (C=O) groups excluding carboxylic acids is 1. The number of methoxy groups -OCH3 is 2. The highest BCUT2D eigenvalue weighted by molar-refractivity contribution is 6.11. The van der Waals surface area contributed by atoms with E-state index in [9.17, 15) is 4.79 Å². The van der Waals surface area contributed by atoms with Gasteiger partial charge < -0.3 is 14.8 Å². The molecule has 0 fully saturated rings. The fraction of sp³-hybridized carbons (Fsp3) is 0.217. The molecule has 2 heterocycles. The first-order valence-corrected chi connectivity index (χ1v) is 9.37. The van der Waals surface area contributed by atoms with Gasteiger partial charge in [-0.1, -0.05) is 6.07 Å². The summed E-state index contributed by atoms with van der Waals surface area (Å²) in [4.78, 5) is 19.5. The second-order valence-corrected chi connectivity index (χ2v) is 7.07. The van der Waals surface area contributed by atoms with E-state index in [-0.39, 0.29) is 5.91 Å². The molecule has 0 radical (unpaired) electrons. The monoisotopic (exact) mass is 389 g/mol. The van der Waals surface area contributed by atoms with Gasteiger partial charge in [0.2, 0.25) is 0 Å². The highest BCUT2D eigenvalue weighted by Gasteiger charge is 2.40. The lowest BCUT2D eigenvalue weighted by atomic mass is 10.1. The lowest BCUT2D eigenvalue weighted by Gasteiger charge is -2.28. The van der Waals surface area contributed by atoms with Gasteiger partial charge in [0.05, 0.1) is 31.2 Å². The smallest absolute Gasteiger partial charge is 0.262 e. The number of hydrogen-bond donors (Lipinski definition) is 1. The minimum absolute atomic E-state index is 0.137. The molecule has 1 amide bonds. The first-order chi connectivity index (χ1) is 14.0. The molecule has 6 heteroatoms. The van der Waals surface area contributed by atoms with E-state index in [2.05, 4.69) is 28.5 Å². The Balaban J connectivity index is 1.85. The molecular weight excluding hydrogens is 366 g/mol. The Morgan fingerprint density at radius 1 is 1.00 bits per heavy atom. The molecule has 29 heavy (non-hydrogen) atoms. The Kier molecular flexibility index (Phi) is 4.84. The number of nitrogens with one attached hydrogen (secondary N) is 1. The summed E-state index contributed by atoms with van der Waals surface area (Å²) in [6.07, 6.45) is 1.23. The van der Waals surface area contributed by atoms with E-state index in [0.29, 0.717) is 28.4 Å². The third-order valence-corrected chi connectivity index (χ3v) is 4.98. The van der Waals surface area contributed by atoms with Crippen LogP contribution in [0.2, 0.25) is 0 Å². The molecule has 2 aromatic carbocycles. The van der Waals surface area contributed by atoms with Crippen LogP contribution in [0.15, 0.2) is 54.7 Å². The Morgan fingerprint density at radius 2 is 1.76 bits per heavy atom. The Bertz CT molecular complexity index is 1060. The number of rotatable bonds is 5. The lowest BCUT2D eigenvalue weighted by molar-refractivity contribution is 0.0992. The minimum atomic E-state index is -0.471. The van der Waals surface area contributed by atoms with Gasteiger partial charge in [0, 0.05) is 18.0 Å². The summed E-state index contributed by atoms with van der Waals surface area (Å²) in [7, 11) is 3.18. The van der Waals surface area contributed by atoms with Crippen molar-refractivity contribution in [1.82, 2.24) is 4.98 Å². The Labute approximate surface area is 170 Å². The number of fused-ring (bicyclic) bond motifs is 1. The number of pyridine rings is 1. The number of aryl methyl sites for hydroxylation is 2. The summed E-state index contributed by atoms with van der Waals surface area (Å²) in [5.41, 5.74) is 5.08. The topological polar surface area (TPSA) is 63.7 Å². The number of benzene rings is 2. The normalized spacial score (nSPS) is 15.2. The molecule has 0 saturated heterocycles. The van der Waals surface area contributed by atoms with Crippen molar-refractivity contribution in [1.29, 1.82) is 0 Å². The molecule has 0 spiro atoms. The molecule has 4 rings (SSSR count). The van der Waals surface area contributed by atoms with Crippen molar-refractivity contribution in [2.45, 2.75) is 20.0 Å². The molecule has 6 nitrogen and oxygen atoms in total. The van der Waals surface area contributed by atoms with E-state index in [1.807, 2.05) is 13.8 Å². The highest BCUT2D eigenvalue weighted by atomic mass is 16.5. The fourth-order valence-corrected chi connectivity index (χ4v) is 3.77. The Morgan fingerprint density at radius 3 is 2.45 bits per heavy atom. The molecule has 1 aliphatic heterocycles. The molecule has 1 atom stereocenters. The second kappa shape index (κ2) is 7.47. The minimum Gasteiger partial charge on any atom is -0.497 e. The van der Waals surface area contributed by atoms with Crippen molar-refractivity contribution in [3.63, 3.8) is 0 Å². The molecule has 0 unspecified atom stereocenters. The number of anilines is 2. The van der Waals surface area contributed by atoms with Gasteiger partial charge in [-0.2, -0.15) is 0 Å². The maximum atomic E-state index is 13.3. The SMILES string of the molecule is COc1ccc(OC)c(N2C(=O)c3cccnc3[C@@H]2Nc2cc(C)cc(C)c2)c1. The number of ether oxygens (including phenoxy) is 2. The summed E-state index contributed by atoms with van der Waals surface area (Å²) in [6, 6.07) is 15.2. The zero-order valence-electron chi connectivity index (χ0n) is 16.9. The van der Waals surface area contributed by atoms with Gasteiger partial charge in [0.15, 0.2) is 6.17 Å². The van der Waals surface area contributed by atoms with E-state index in [1.54, 1.807) is 55.6 Å². The van der Waals surface area contributed by atoms with Gasteiger partial charge >= 0.3 is 0 Å². The molecule has 3 aromatic rings. The third-order valence-electron chi connectivity index (χ3n) is 4.98. The van der Waals surface area contributed by atoms with E-state index < -0.39 is 6.17 Å². The van der Waals surface area contributed by atoms with Gasteiger partial charge in [0.1, 0.15) is 11.5 Å². The van der Waals surface area contributed by atoms with Crippen molar-refractivity contribution in [3.8, 4) is 11.5 Å². The molecular formula is C23H23N3O3. The molecule has 0 bridgehead atoms. The third kappa shape index (κ3) is 3.38. The van der Waals surface area contributed by atoms with E-state index in [0.717, 1.165) is 16.8 Å². The highest BCUT2D eigenvalue weighted by Crippen LogP contribution is 2.42. The standard InChI is InChI=1S/C23H23N3O3/c1-14-10-15(2)12-16(11-14)25-22-21-18(6-5-9-24-21)23(27)26(22)19-13-17(28-3)7-8-20(19)29-4/h5-13,22,25H,1-4H3/t22-/m1/s1. The van der Waals surface area contributed by atoms with Gasteiger partial charge in [0.25, 0.3) is 5.91 Å². The van der Waals surface area contributed by atoms with E-state index in [4.69, 9.17) is 9.47 Å². The quantitative estimate of drug-likeness (QED) is 0.697. The van der Waals surface area contributed by atoms with Crippen LogP contribution in [-0.2, 0) is 0 Å². The van der Waals surface area contributed by atoms with Crippen LogP contribution in [0.1, 0.15) is 33.3 Å². The first kappa shape index (κ1) is 18.8. The molecule has 148 valence electrons. The summed E-state index contributed by atoms with van der Waals surface area (Å²) in [6.45, 7) is 4.10. The van der Waals surface area contributed by atoms with Crippen LogP contribution in [-0.4, -0.2) is 25.1 Å². The predicted octanol–water partition coefficient (Wildman–Crippen LogP) is 4.49. The number of aromatic nitrogens is 1. The van der Waals surface area contributed by atoms with Crippen LogP contribution in [0.25, 0.3) is 0 Å². The first-order valence-electron chi connectivity index (χ1n) is 9.37. The fourth-order valence-electron chi connectivity index (χ4n) is 3.77. The predicted molar refractivity (Wildman–Crippen MR) is 113 cm³/mol. The number of nitrogens with zero attached hydrogens (tertiary/aromatic N) is 2. The van der Waals surface area contributed by atoms with Crippen LogP contribution >= 0.6 is 0 Å². The van der Waals surface area contributed by atoms with Gasteiger partial charge in [-0.05, 0) is 61.4 Å². The van der Waals surface area contributed by atoms with Crippen molar-refractivity contribution in [2.24, 2.45) is 0 Å². The zero-order chi connectivity index (χ0) is 20.5. The largest absolute Gasteiger partial charge is 0.497 e. The summed E-state index contributed by atoms with van der Waals surface area (Å²) < 4.78 is 10.9. The molecule has 1 aliphatic rings. The summed E-state index contributed by atoms with van der Waals surface area (Å²) in [5, 5.41) is 3.49. The average Bonchev–Trinajstić information content (AvgIpc) is 2.98. The van der Waals surface area contributed by atoms with Crippen molar-refractivity contribution in [3.05, 3.63) is 77.1 Å². The maximum Gasteiger partial charge on any atom is 0.262 e. The average molecular weight is 389 g/mol. The van der Waals surface area contributed by atoms with Gasteiger partial charge in [-0.3, -0.25) is 14.7 Å². The van der Waals surface area contributed by atoms with Gasteiger partial charge in [-0.25, -0.2) is 0 Å². The van der Waals surface area contributed by atoms with Crippen LogP contribution in [0.3, 0.4) is 0 Å². The van der Waals surface area contributed by atoms with Gasteiger partial charge in [-0.15, -0.1) is 0 Å². The Hall–Kier alpha value is -3.54. The maximum absolute atomic E-state index is 13.3. The second-order valence-electron chi connectivity index (χ2n) is 7.07. The van der Waals surface area contributed by atoms with Crippen LogP contribution in [0, 0.1) is 13.8 Å². The van der Waals surface area contributed by atoms with Crippen molar-refractivity contribution >= 4 is 17.3 Å². The van der Waals surface area contributed by atoms with Crippen molar-refractivity contribution in [2.75, 3.05) is 24.4 Å².